The van der Waals surface area contributed by atoms with Gasteiger partial charge in [-0.1, -0.05) is 12.7 Å². The molecule has 0 fully saturated rings. The molecule has 0 atom stereocenters. The third kappa shape index (κ3) is 4.09. The lowest BCUT2D eigenvalue weighted by Gasteiger charge is -2.05. The van der Waals surface area contributed by atoms with Gasteiger partial charge in [-0.25, -0.2) is 5.48 Å². The summed E-state index contributed by atoms with van der Waals surface area (Å²) in [5, 5.41) is 0.0336. The van der Waals surface area contributed by atoms with Crippen molar-refractivity contribution in [2.24, 2.45) is 0 Å². The van der Waals surface area contributed by atoms with Gasteiger partial charge in [0.1, 0.15) is 6.61 Å². The maximum atomic E-state index is 5.64. The monoisotopic (exact) mass is 230 g/mol. The van der Waals surface area contributed by atoms with Crippen molar-refractivity contribution in [3.63, 3.8) is 0 Å². The SMILES string of the molecule is C=CCOc1nc(Cl)nc(NOCC)n1. The zero-order valence-corrected chi connectivity index (χ0v) is 8.99. The van der Waals surface area contributed by atoms with Crippen LogP contribution in [0, 0.1) is 0 Å². The quantitative estimate of drug-likeness (QED) is 0.589. The molecular formula is C8H11ClN4O2. The second-order valence-electron chi connectivity index (χ2n) is 2.35. The predicted octanol–water partition coefficient (Wildman–Crippen LogP) is 1.45. The number of nitrogens with zero attached hydrogens (tertiary/aromatic N) is 3. The molecule has 0 aromatic carbocycles. The van der Waals surface area contributed by atoms with E-state index in [1.807, 2.05) is 6.92 Å². The van der Waals surface area contributed by atoms with Gasteiger partial charge >= 0.3 is 6.01 Å². The van der Waals surface area contributed by atoms with Crippen LogP contribution in [-0.2, 0) is 4.84 Å². The van der Waals surface area contributed by atoms with Crippen LogP contribution in [0.15, 0.2) is 12.7 Å². The minimum absolute atomic E-state index is 0.0336. The zero-order valence-electron chi connectivity index (χ0n) is 8.23. The van der Waals surface area contributed by atoms with Gasteiger partial charge in [0.15, 0.2) is 0 Å². The highest BCUT2D eigenvalue weighted by Gasteiger charge is 2.04. The number of hydrogen-bond acceptors (Lipinski definition) is 6. The van der Waals surface area contributed by atoms with E-state index in [4.69, 9.17) is 21.2 Å². The third-order valence-corrected chi connectivity index (χ3v) is 1.39. The van der Waals surface area contributed by atoms with Crippen LogP contribution >= 0.6 is 11.6 Å². The van der Waals surface area contributed by atoms with Gasteiger partial charge in [0.25, 0.3) is 5.95 Å². The van der Waals surface area contributed by atoms with Gasteiger partial charge in [-0.3, -0.25) is 4.84 Å². The number of halogens is 1. The number of aromatic nitrogens is 3. The molecule has 1 aromatic rings. The first kappa shape index (κ1) is 11.7. The molecule has 0 amide bonds. The summed E-state index contributed by atoms with van der Waals surface area (Å²) >= 11 is 5.64. The minimum atomic E-state index is 0.0336. The van der Waals surface area contributed by atoms with E-state index in [-0.39, 0.29) is 17.2 Å². The van der Waals surface area contributed by atoms with E-state index in [9.17, 15) is 0 Å². The molecule has 0 saturated heterocycles. The summed E-state index contributed by atoms with van der Waals surface area (Å²) in [6, 6.07) is 0.122. The molecular weight excluding hydrogens is 220 g/mol. The average Bonchev–Trinajstić information content (AvgIpc) is 2.23. The van der Waals surface area contributed by atoms with Crippen LogP contribution in [0.1, 0.15) is 6.92 Å². The fraction of sp³-hybridized carbons (Fsp3) is 0.375. The van der Waals surface area contributed by atoms with Crippen molar-refractivity contribution in [1.29, 1.82) is 0 Å². The Labute approximate surface area is 92.3 Å². The molecule has 1 aromatic heterocycles. The Morgan fingerprint density at radius 3 is 2.93 bits per heavy atom. The Kier molecular flexibility index (Phi) is 4.79. The molecule has 0 aliphatic carbocycles. The molecule has 0 saturated carbocycles. The molecule has 0 radical (unpaired) electrons. The number of ether oxygens (including phenoxy) is 1. The van der Waals surface area contributed by atoms with Gasteiger partial charge < -0.3 is 4.74 Å². The van der Waals surface area contributed by atoms with Crippen LogP contribution < -0.4 is 10.2 Å². The average molecular weight is 231 g/mol. The lowest BCUT2D eigenvalue weighted by Crippen LogP contribution is -2.07. The molecule has 0 spiro atoms. The maximum absolute atomic E-state index is 5.64. The summed E-state index contributed by atoms with van der Waals surface area (Å²) in [6.45, 7) is 6.10. The predicted molar refractivity (Wildman–Crippen MR) is 55.8 cm³/mol. The largest absolute Gasteiger partial charge is 0.459 e. The first-order valence-electron chi connectivity index (χ1n) is 4.29. The molecule has 1 rings (SSSR count). The van der Waals surface area contributed by atoms with E-state index < -0.39 is 0 Å². The van der Waals surface area contributed by atoms with E-state index in [0.717, 1.165) is 0 Å². The van der Waals surface area contributed by atoms with Crippen molar-refractivity contribution in [3.8, 4) is 6.01 Å². The van der Waals surface area contributed by atoms with E-state index in [2.05, 4.69) is 27.0 Å². The molecule has 0 aliphatic rings. The summed E-state index contributed by atoms with van der Waals surface area (Å²) in [4.78, 5) is 16.3. The molecule has 1 N–H and O–H groups in total. The number of hydrogen-bond donors (Lipinski definition) is 1. The van der Waals surface area contributed by atoms with Gasteiger partial charge in [-0.05, 0) is 18.5 Å². The lowest BCUT2D eigenvalue weighted by molar-refractivity contribution is 0.206. The van der Waals surface area contributed by atoms with Gasteiger partial charge in [-0.2, -0.15) is 15.0 Å². The van der Waals surface area contributed by atoms with Gasteiger partial charge in [-0.15, -0.1) is 0 Å². The van der Waals surface area contributed by atoms with E-state index in [1.54, 1.807) is 6.08 Å². The van der Waals surface area contributed by atoms with Gasteiger partial charge in [0.2, 0.25) is 5.28 Å². The molecule has 0 unspecified atom stereocenters. The Hall–Kier alpha value is -1.40. The summed E-state index contributed by atoms with van der Waals surface area (Å²) in [7, 11) is 0. The van der Waals surface area contributed by atoms with Crippen LogP contribution in [0.4, 0.5) is 5.95 Å². The molecule has 82 valence electrons. The highest BCUT2D eigenvalue weighted by molar-refractivity contribution is 6.28. The highest BCUT2D eigenvalue weighted by atomic mass is 35.5. The second kappa shape index (κ2) is 6.15. The first-order valence-corrected chi connectivity index (χ1v) is 4.67. The molecule has 0 aliphatic heterocycles. The van der Waals surface area contributed by atoms with Gasteiger partial charge in [0, 0.05) is 0 Å². The molecule has 15 heavy (non-hydrogen) atoms. The van der Waals surface area contributed by atoms with Crippen LogP contribution in [0.2, 0.25) is 5.28 Å². The summed E-state index contributed by atoms with van der Waals surface area (Å²) in [5.74, 6) is 0.205. The van der Waals surface area contributed by atoms with Crippen LogP contribution in [0.3, 0.4) is 0 Å². The van der Waals surface area contributed by atoms with E-state index in [1.165, 1.54) is 0 Å². The number of rotatable bonds is 6. The van der Waals surface area contributed by atoms with Crippen molar-refractivity contribution in [3.05, 3.63) is 17.9 Å². The Balaban J connectivity index is 2.70. The summed E-state index contributed by atoms with van der Waals surface area (Å²) in [5.41, 5.74) is 2.50. The van der Waals surface area contributed by atoms with Crippen molar-refractivity contribution < 1.29 is 9.57 Å². The molecule has 0 bridgehead atoms. The Morgan fingerprint density at radius 2 is 2.27 bits per heavy atom. The van der Waals surface area contributed by atoms with Crippen LogP contribution in [0.5, 0.6) is 6.01 Å². The highest BCUT2D eigenvalue weighted by Crippen LogP contribution is 2.11. The van der Waals surface area contributed by atoms with Crippen molar-refractivity contribution >= 4 is 17.5 Å². The molecule has 7 heteroatoms. The Morgan fingerprint density at radius 1 is 1.47 bits per heavy atom. The lowest BCUT2D eigenvalue weighted by atomic mass is 10.7. The second-order valence-corrected chi connectivity index (χ2v) is 2.68. The fourth-order valence-electron chi connectivity index (χ4n) is 0.712. The third-order valence-electron chi connectivity index (χ3n) is 1.23. The fourth-order valence-corrected chi connectivity index (χ4v) is 0.865. The summed E-state index contributed by atoms with van der Waals surface area (Å²) in [6.07, 6.45) is 1.58. The Bertz CT molecular complexity index is 334. The van der Waals surface area contributed by atoms with Gasteiger partial charge in [0.05, 0.1) is 6.61 Å². The number of anilines is 1. The zero-order chi connectivity index (χ0) is 11.1. The normalized spacial score (nSPS) is 9.73. The summed E-state index contributed by atoms with van der Waals surface area (Å²) < 4.78 is 5.10. The molecule has 1 heterocycles. The molecule has 6 nitrogen and oxygen atoms in total. The topological polar surface area (TPSA) is 69.2 Å². The van der Waals surface area contributed by atoms with E-state index >= 15 is 0 Å². The van der Waals surface area contributed by atoms with Crippen LogP contribution in [0.25, 0.3) is 0 Å². The minimum Gasteiger partial charge on any atom is -0.459 e. The van der Waals surface area contributed by atoms with E-state index in [0.29, 0.717) is 13.2 Å². The van der Waals surface area contributed by atoms with Crippen molar-refractivity contribution in [2.45, 2.75) is 6.92 Å². The number of nitrogens with one attached hydrogen (secondary N) is 1. The first-order chi connectivity index (χ1) is 7.26. The standard InChI is InChI=1S/C8H11ClN4O2/c1-3-5-14-8-11-6(9)10-7(12-8)13-15-4-2/h3H,1,4-5H2,2H3,(H,10,11,12,13). The van der Waals surface area contributed by atoms with Crippen LogP contribution in [-0.4, -0.2) is 28.2 Å². The smallest absolute Gasteiger partial charge is 0.322 e. The van der Waals surface area contributed by atoms with Crippen molar-refractivity contribution in [1.82, 2.24) is 15.0 Å². The van der Waals surface area contributed by atoms with Crippen molar-refractivity contribution in [2.75, 3.05) is 18.7 Å². The maximum Gasteiger partial charge on any atom is 0.322 e.